The van der Waals surface area contributed by atoms with Gasteiger partial charge in [-0.15, -0.1) is 0 Å². The maximum absolute atomic E-state index is 10.7. The van der Waals surface area contributed by atoms with Gasteiger partial charge >= 0.3 is 0 Å². The summed E-state index contributed by atoms with van der Waals surface area (Å²) in [6, 6.07) is 2.40. The predicted molar refractivity (Wildman–Crippen MR) is 73.2 cm³/mol. The van der Waals surface area contributed by atoms with Gasteiger partial charge < -0.3 is 5.11 Å². The molecular weight excluding hydrogens is 238 g/mol. The highest BCUT2D eigenvalue weighted by molar-refractivity contribution is 5.24. The number of nitrogens with zero attached hydrogens (tertiary/aromatic N) is 3. The van der Waals surface area contributed by atoms with E-state index in [1.54, 1.807) is 4.68 Å². The topological polar surface area (TPSA) is 61.8 Å². The highest BCUT2D eigenvalue weighted by Crippen LogP contribution is 2.51. The van der Waals surface area contributed by atoms with Gasteiger partial charge in [0.05, 0.1) is 17.2 Å². The van der Waals surface area contributed by atoms with E-state index < -0.39 is 11.5 Å². The molecule has 1 heterocycles. The zero-order chi connectivity index (χ0) is 14.3. The van der Waals surface area contributed by atoms with Crippen LogP contribution in [0.15, 0.2) is 6.20 Å². The van der Waals surface area contributed by atoms with Gasteiger partial charge in [0.2, 0.25) is 0 Å². The van der Waals surface area contributed by atoms with Crippen molar-refractivity contribution in [1.82, 2.24) is 9.78 Å². The molecule has 1 aromatic heterocycles. The van der Waals surface area contributed by atoms with Crippen LogP contribution in [-0.2, 0) is 7.05 Å². The number of nitriles is 1. The summed E-state index contributed by atoms with van der Waals surface area (Å²) in [5.74, 6) is 0. The van der Waals surface area contributed by atoms with Gasteiger partial charge in [0.15, 0.2) is 0 Å². The van der Waals surface area contributed by atoms with Crippen molar-refractivity contribution in [3.63, 3.8) is 0 Å². The third-order valence-corrected chi connectivity index (χ3v) is 4.59. The molecule has 0 aromatic carbocycles. The van der Waals surface area contributed by atoms with Gasteiger partial charge in [-0.2, -0.15) is 10.4 Å². The molecule has 0 radical (unpaired) electrons. The third kappa shape index (κ3) is 2.52. The van der Waals surface area contributed by atoms with Gasteiger partial charge in [-0.3, -0.25) is 4.68 Å². The normalized spacial score (nSPS) is 22.7. The van der Waals surface area contributed by atoms with Crippen LogP contribution in [0.1, 0.15) is 56.9 Å². The molecule has 1 unspecified atom stereocenters. The van der Waals surface area contributed by atoms with Crippen molar-refractivity contribution in [3.8, 4) is 6.07 Å². The summed E-state index contributed by atoms with van der Waals surface area (Å²) >= 11 is 0. The minimum Gasteiger partial charge on any atom is -0.387 e. The lowest BCUT2D eigenvalue weighted by Gasteiger charge is -2.41. The molecular formula is C15H23N3O. The minimum atomic E-state index is -0.734. The van der Waals surface area contributed by atoms with E-state index in [2.05, 4.69) is 25.0 Å². The van der Waals surface area contributed by atoms with E-state index in [1.807, 2.05) is 20.2 Å². The van der Waals surface area contributed by atoms with Crippen molar-refractivity contribution in [2.24, 2.45) is 17.9 Å². The molecule has 1 saturated carbocycles. The van der Waals surface area contributed by atoms with Crippen LogP contribution >= 0.6 is 0 Å². The Morgan fingerprint density at radius 1 is 1.37 bits per heavy atom. The van der Waals surface area contributed by atoms with E-state index in [0.717, 1.165) is 36.9 Å². The Morgan fingerprint density at radius 2 is 1.95 bits per heavy atom. The van der Waals surface area contributed by atoms with Gasteiger partial charge in [0.25, 0.3) is 0 Å². The second kappa shape index (κ2) is 4.64. The van der Waals surface area contributed by atoms with E-state index in [1.165, 1.54) is 0 Å². The fourth-order valence-electron chi connectivity index (χ4n) is 3.00. The average molecular weight is 261 g/mol. The van der Waals surface area contributed by atoms with Crippen LogP contribution < -0.4 is 0 Å². The molecule has 0 saturated heterocycles. The third-order valence-electron chi connectivity index (χ3n) is 4.59. The van der Waals surface area contributed by atoms with Crippen LogP contribution in [-0.4, -0.2) is 14.9 Å². The standard InChI is InChI=1S/C15H23N3O/c1-11-12(9-18(4)17-11)13(19)15(10-16)7-5-14(2,3)6-8-15/h9,13,19H,5-8H2,1-4H3. The molecule has 4 nitrogen and oxygen atoms in total. The Bertz CT molecular complexity index is 500. The lowest BCUT2D eigenvalue weighted by Crippen LogP contribution is -2.35. The average Bonchev–Trinajstić information content (AvgIpc) is 2.68. The van der Waals surface area contributed by atoms with E-state index in [0.29, 0.717) is 0 Å². The molecule has 1 atom stereocenters. The first kappa shape index (κ1) is 14.1. The summed E-state index contributed by atoms with van der Waals surface area (Å²) in [5.41, 5.74) is 1.24. The smallest absolute Gasteiger partial charge is 0.101 e. The summed E-state index contributed by atoms with van der Waals surface area (Å²) in [6.45, 7) is 6.35. The van der Waals surface area contributed by atoms with Gasteiger partial charge in [0.1, 0.15) is 6.10 Å². The molecule has 0 spiro atoms. The highest BCUT2D eigenvalue weighted by atomic mass is 16.3. The number of aliphatic hydroxyl groups is 1. The minimum absolute atomic E-state index is 0.282. The molecule has 1 N–H and O–H groups in total. The molecule has 1 aliphatic carbocycles. The number of aryl methyl sites for hydroxylation is 2. The van der Waals surface area contributed by atoms with Crippen molar-refractivity contribution in [2.75, 3.05) is 0 Å². The van der Waals surface area contributed by atoms with Crippen molar-refractivity contribution in [3.05, 3.63) is 17.5 Å². The molecule has 1 aromatic rings. The fourth-order valence-corrected chi connectivity index (χ4v) is 3.00. The molecule has 0 aliphatic heterocycles. The van der Waals surface area contributed by atoms with Gasteiger partial charge in [-0.05, 0) is 38.0 Å². The largest absolute Gasteiger partial charge is 0.387 e. The number of hydrogen-bond donors (Lipinski definition) is 1. The lowest BCUT2D eigenvalue weighted by molar-refractivity contribution is 0.00917. The Hall–Kier alpha value is -1.34. The molecule has 1 aliphatic rings. The maximum atomic E-state index is 10.7. The monoisotopic (exact) mass is 261 g/mol. The molecule has 0 bridgehead atoms. The SMILES string of the molecule is Cc1nn(C)cc1C(O)C1(C#N)CCC(C)(C)CC1. The van der Waals surface area contributed by atoms with Crippen molar-refractivity contribution in [2.45, 2.75) is 52.6 Å². The van der Waals surface area contributed by atoms with Crippen molar-refractivity contribution >= 4 is 0 Å². The van der Waals surface area contributed by atoms with Crippen LogP contribution in [0.3, 0.4) is 0 Å². The number of hydrogen-bond acceptors (Lipinski definition) is 3. The fraction of sp³-hybridized carbons (Fsp3) is 0.733. The maximum Gasteiger partial charge on any atom is 0.101 e. The quantitative estimate of drug-likeness (QED) is 0.890. The van der Waals surface area contributed by atoms with Crippen LogP contribution in [0.2, 0.25) is 0 Å². The zero-order valence-corrected chi connectivity index (χ0v) is 12.3. The number of rotatable bonds is 2. The highest BCUT2D eigenvalue weighted by Gasteiger charge is 2.45. The number of aliphatic hydroxyl groups excluding tert-OH is 1. The van der Waals surface area contributed by atoms with Crippen LogP contribution in [0.4, 0.5) is 0 Å². The van der Waals surface area contributed by atoms with Gasteiger partial charge in [0, 0.05) is 18.8 Å². The number of aromatic nitrogens is 2. The predicted octanol–water partition coefficient (Wildman–Crippen LogP) is 2.87. The Morgan fingerprint density at radius 3 is 2.37 bits per heavy atom. The molecule has 2 rings (SSSR count). The second-order valence-corrected chi connectivity index (χ2v) is 6.68. The first-order valence-corrected chi connectivity index (χ1v) is 6.89. The molecule has 4 heteroatoms. The molecule has 19 heavy (non-hydrogen) atoms. The second-order valence-electron chi connectivity index (χ2n) is 6.68. The zero-order valence-electron chi connectivity index (χ0n) is 12.3. The lowest BCUT2D eigenvalue weighted by atomic mass is 9.62. The van der Waals surface area contributed by atoms with Crippen molar-refractivity contribution in [1.29, 1.82) is 5.26 Å². The van der Waals surface area contributed by atoms with Crippen molar-refractivity contribution < 1.29 is 5.11 Å². The summed E-state index contributed by atoms with van der Waals surface area (Å²) in [5, 5.41) is 24.6. The van der Waals surface area contributed by atoms with Crippen LogP contribution in [0.25, 0.3) is 0 Å². The van der Waals surface area contributed by atoms with Gasteiger partial charge in [-0.1, -0.05) is 13.8 Å². The van der Waals surface area contributed by atoms with E-state index in [9.17, 15) is 10.4 Å². The summed E-state index contributed by atoms with van der Waals surface area (Å²) in [7, 11) is 1.84. The first-order valence-electron chi connectivity index (χ1n) is 6.89. The first-order chi connectivity index (χ1) is 8.80. The Labute approximate surface area is 115 Å². The molecule has 1 fully saturated rings. The van der Waals surface area contributed by atoms with E-state index in [4.69, 9.17) is 0 Å². The van der Waals surface area contributed by atoms with E-state index in [-0.39, 0.29) is 5.41 Å². The Balaban J connectivity index is 2.28. The van der Waals surface area contributed by atoms with Crippen LogP contribution in [0, 0.1) is 29.1 Å². The Kier molecular flexibility index (Phi) is 3.44. The van der Waals surface area contributed by atoms with Gasteiger partial charge in [-0.25, -0.2) is 0 Å². The summed E-state index contributed by atoms with van der Waals surface area (Å²) in [6.07, 6.45) is 4.58. The van der Waals surface area contributed by atoms with Crippen LogP contribution in [0.5, 0.6) is 0 Å². The molecule has 104 valence electrons. The summed E-state index contributed by atoms with van der Waals surface area (Å²) < 4.78 is 1.70. The summed E-state index contributed by atoms with van der Waals surface area (Å²) in [4.78, 5) is 0. The molecule has 0 amide bonds. The van der Waals surface area contributed by atoms with E-state index >= 15 is 0 Å².